The zero-order valence-corrected chi connectivity index (χ0v) is 12.2. The summed E-state index contributed by atoms with van der Waals surface area (Å²) in [7, 11) is 0. The number of anilines is 1. The molecule has 1 aliphatic heterocycles. The van der Waals surface area contributed by atoms with Gasteiger partial charge in [-0.15, -0.1) is 0 Å². The van der Waals surface area contributed by atoms with Gasteiger partial charge in [0.1, 0.15) is 0 Å². The Morgan fingerprint density at radius 3 is 3.05 bits per heavy atom. The van der Waals surface area contributed by atoms with Crippen LogP contribution in [-0.4, -0.2) is 23.0 Å². The average Bonchev–Trinajstić information content (AvgIpc) is 2.47. The summed E-state index contributed by atoms with van der Waals surface area (Å²) >= 11 is 0. The molecule has 3 rings (SSSR count). The maximum absolute atomic E-state index is 6.16. The molecule has 0 bridgehead atoms. The maximum atomic E-state index is 6.16. The van der Waals surface area contributed by atoms with E-state index in [0.29, 0.717) is 0 Å². The molecule has 1 aromatic heterocycles. The van der Waals surface area contributed by atoms with E-state index < -0.39 is 0 Å². The number of fused-ring (bicyclic) bond motifs is 1. The van der Waals surface area contributed by atoms with Crippen molar-refractivity contribution in [3.8, 4) is 0 Å². The van der Waals surface area contributed by atoms with Gasteiger partial charge in [-0.05, 0) is 37.4 Å². The number of hydrogen-bond donors (Lipinski definition) is 1. The normalized spacial score (nSPS) is 20.4. The minimum Gasteiger partial charge on any atom is -0.398 e. The number of para-hydroxylation sites is 1. The lowest BCUT2D eigenvalue weighted by molar-refractivity contribution is 0.163. The molecule has 0 amide bonds. The highest BCUT2D eigenvalue weighted by molar-refractivity contribution is 5.90. The van der Waals surface area contributed by atoms with Gasteiger partial charge in [-0.2, -0.15) is 0 Å². The lowest BCUT2D eigenvalue weighted by atomic mass is 9.95. The molecule has 20 heavy (non-hydrogen) atoms. The summed E-state index contributed by atoms with van der Waals surface area (Å²) in [5, 5.41) is 1.06. The van der Waals surface area contributed by atoms with Crippen molar-refractivity contribution >= 4 is 16.6 Å². The lowest BCUT2D eigenvalue weighted by Gasteiger charge is -2.32. The van der Waals surface area contributed by atoms with E-state index >= 15 is 0 Å². The topological polar surface area (TPSA) is 42.1 Å². The van der Waals surface area contributed by atoms with E-state index in [2.05, 4.69) is 11.8 Å². The molecule has 0 radical (unpaired) electrons. The van der Waals surface area contributed by atoms with Gasteiger partial charge in [0.25, 0.3) is 0 Å². The molecule has 3 nitrogen and oxygen atoms in total. The van der Waals surface area contributed by atoms with Crippen LogP contribution in [0, 0.1) is 5.92 Å². The second-order valence-corrected chi connectivity index (χ2v) is 5.87. The fourth-order valence-corrected chi connectivity index (χ4v) is 3.20. The van der Waals surface area contributed by atoms with Crippen molar-refractivity contribution < 1.29 is 0 Å². The monoisotopic (exact) mass is 269 g/mol. The van der Waals surface area contributed by atoms with Gasteiger partial charge >= 0.3 is 0 Å². The lowest BCUT2D eigenvalue weighted by Crippen LogP contribution is -2.34. The van der Waals surface area contributed by atoms with Crippen molar-refractivity contribution in [2.24, 2.45) is 5.92 Å². The van der Waals surface area contributed by atoms with Crippen molar-refractivity contribution in [2.75, 3.05) is 18.8 Å². The largest absolute Gasteiger partial charge is 0.398 e. The number of piperidine rings is 1. The number of aromatic nitrogens is 1. The summed E-state index contributed by atoms with van der Waals surface area (Å²) in [6.45, 7) is 5.60. The third-order valence-corrected chi connectivity index (χ3v) is 4.37. The third-order valence-electron chi connectivity index (χ3n) is 4.37. The summed E-state index contributed by atoms with van der Waals surface area (Å²) in [5.74, 6) is 0.849. The Morgan fingerprint density at radius 1 is 1.35 bits per heavy atom. The Bertz CT molecular complexity index is 594. The average molecular weight is 269 g/mol. The van der Waals surface area contributed by atoms with Gasteiger partial charge in [-0.25, -0.2) is 0 Å². The van der Waals surface area contributed by atoms with Crippen molar-refractivity contribution in [3.63, 3.8) is 0 Å². The first-order chi connectivity index (χ1) is 9.76. The molecule has 2 N–H and O–H groups in total. The van der Waals surface area contributed by atoms with E-state index in [1.54, 1.807) is 0 Å². The minimum atomic E-state index is 0.842. The van der Waals surface area contributed by atoms with E-state index in [-0.39, 0.29) is 0 Å². The molecule has 106 valence electrons. The molecule has 2 aromatic rings. The highest BCUT2D eigenvalue weighted by Gasteiger charge is 2.19. The zero-order chi connectivity index (χ0) is 13.9. The van der Waals surface area contributed by atoms with E-state index in [4.69, 9.17) is 10.7 Å². The molecule has 1 saturated heterocycles. The summed E-state index contributed by atoms with van der Waals surface area (Å²) < 4.78 is 0. The summed E-state index contributed by atoms with van der Waals surface area (Å²) in [6.07, 6.45) is 3.96. The zero-order valence-electron chi connectivity index (χ0n) is 12.2. The Labute approximate surface area is 120 Å². The summed E-state index contributed by atoms with van der Waals surface area (Å²) in [5.41, 5.74) is 9.10. The fourth-order valence-electron chi connectivity index (χ4n) is 3.20. The molecular formula is C17H23N3. The highest BCUT2D eigenvalue weighted by atomic mass is 15.1. The molecular weight excluding hydrogens is 246 g/mol. The van der Waals surface area contributed by atoms with Crippen LogP contribution in [0.5, 0.6) is 0 Å². The second kappa shape index (κ2) is 5.80. The predicted molar refractivity (Wildman–Crippen MR) is 84.4 cm³/mol. The van der Waals surface area contributed by atoms with Gasteiger partial charge in [-0.3, -0.25) is 9.88 Å². The van der Waals surface area contributed by atoms with Gasteiger partial charge in [0, 0.05) is 24.2 Å². The fraction of sp³-hybridized carbons (Fsp3) is 0.471. The van der Waals surface area contributed by atoms with Crippen LogP contribution in [0.15, 0.2) is 30.3 Å². The smallest absolute Gasteiger partial charge is 0.0726 e. The number of nitrogens with zero attached hydrogens (tertiary/aromatic N) is 2. The third kappa shape index (κ3) is 2.78. The van der Waals surface area contributed by atoms with Crippen LogP contribution < -0.4 is 5.73 Å². The molecule has 3 heteroatoms. The van der Waals surface area contributed by atoms with Crippen molar-refractivity contribution in [1.82, 2.24) is 9.88 Å². The first kappa shape index (κ1) is 13.4. The highest BCUT2D eigenvalue weighted by Crippen LogP contribution is 2.23. The number of likely N-dealkylation sites (tertiary alicyclic amines) is 1. The van der Waals surface area contributed by atoms with E-state index in [1.807, 2.05) is 30.3 Å². The van der Waals surface area contributed by atoms with Crippen LogP contribution in [0.25, 0.3) is 10.9 Å². The summed E-state index contributed by atoms with van der Waals surface area (Å²) in [6, 6.07) is 10.1. The second-order valence-electron chi connectivity index (χ2n) is 5.87. The van der Waals surface area contributed by atoms with Gasteiger partial charge < -0.3 is 5.73 Å². The molecule has 1 unspecified atom stereocenters. The van der Waals surface area contributed by atoms with Crippen LogP contribution in [0.2, 0.25) is 0 Å². The van der Waals surface area contributed by atoms with E-state index in [1.165, 1.54) is 32.4 Å². The van der Waals surface area contributed by atoms with Crippen LogP contribution in [0.3, 0.4) is 0 Å². The molecule has 1 atom stereocenters. The van der Waals surface area contributed by atoms with Crippen LogP contribution in [0.1, 0.15) is 31.9 Å². The maximum Gasteiger partial charge on any atom is 0.0726 e. The van der Waals surface area contributed by atoms with Gasteiger partial charge in [0.2, 0.25) is 0 Å². The summed E-state index contributed by atoms with van der Waals surface area (Å²) in [4.78, 5) is 7.28. The molecule has 1 aliphatic rings. The van der Waals surface area contributed by atoms with Crippen LogP contribution in [0.4, 0.5) is 5.69 Å². The molecule has 2 heterocycles. The Kier molecular flexibility index (Phi) is 3.88. The number of nitrogens with two attached hydrogens (primary N) is 1. The van der Waals surface area contributed by atoms with Gasteiger partial charge in [0.15, 0.2) is 0 Å². The quantitative estimate of drug-likeness (QED) is 0.928. The number of benzene rings is 1. The Morgan fingerprint density at radius 2 is 2.20 bits per heavy atom. The predicted octanol–water partition coefficient (Wildman–Crippen LogP) is 3.44. The molecule has 0 saturated carbocycles. The molecule has 0 aliphatic carbocycles. The minimum absolute atomic E-state index is 0.842. The van der Waals surface area contributed by atoms with Crippen LogP contribution >= 0.6 is 0 Å². The van der Waals surface area contributed by atoms with E-state index in [0.717, 1.165) is 34.7 Å². The molecule has 1 aromatic carbocycles. The Balaban J connectivity index is 1.80. The van der Waals surface area contributed by atoms with Gasteiger partial charge in [0.05, 0.1) is 11.2 Å². The number of hydrogen-bond acceptors (Lipinski definition) is 3. The number of pyridine rings is 1. The number of nitrogen functional groups attached to an aromatic ring is 1. The SMILES string of the molecule is CCC1CCCN(Cc2cc(N)c3ccccc3n2)C1. The van der Waals surface area contributed by atoms with Crippen molar-refractivity contribution in [2.45, 2.75) is 32.7 Å². The van der Waals surface area contributed by atoms with Crippen molar-refractivity contribution in [1.29, 1.82) is 0 Å². The van der Waals surface area contributed by atoms with E-state index in [9.17, 15) is 0 Å². The first-order valence-corrected chi connectivity index (χ1v) is 7.62. The first-order valence-electron chi connectivity index (χ1n) is 7.62. The van der Waals surface area contributed by atoms with Crippen LogP contribution in [-0.2, 0) is 6.54 Å². The molecule has 0 spiro atoms. The van der Waals surface area contributed by atoms with Gasteiger partial charge in [-0.1, -0.05) is 31.5 Å². The number of rotatable bonds is 3. The standard InChI is InChI=1S/C17H23N3/c1-2-13-6-5-9-20(11-13)12-14-10-16(18)15-7-3-4-8-17(15)19-14/h3-4,7-8,10,13H,2,5-6,9,11-12H2,1H3,(H2,18,19). The Hall–Kier alpha value is -1.61. The van der Waals surface area contributed by atoms with Crippen molar-refractivity contribution in [3.05, 3.63) is 36.0 Å². The molecule has 1 fully saturated rings.